The van der Waals surface area contributed by atoms with Crippen LogP contribution in [0.2, 0.25) is 0 Å². The van der Waals surface area contributed by atoms with Gasteiger partial charge in [-0.1, -0.05) is 0 Å². The van der Waals surface area contributed by atoms with Crippen LogP contribution in [0.15, 0.2) is 18.3 Å². The fourth-order valence-corrected chi connectivity index (χ4v) is 0.704. The van der Waals surface area contributed by atoms with Crippen LogP contribution in [0.4, 0.5) is 17.6 Å². The number of ketones is 1. The fourth-order valence-electron chi connectivity index (χ4n) is 0.704. The molecule has 0 atom stereocenters. The molecule has 0 saturated carbocycles. The molecule has 0 bridgehead atoms. The van der Waals surface area contributed by atoms with Crippen LogP contribution in [0.25, 0.3) is 0 Å². The number of pyridine rings is 1. The van der Waals surface area contributed by atoms with Gasteiger partial charge in [0.15, 0.2) is 5.78 Å². The summed E-state index contributed by atoms with van der Waals surface area (Å²) >= 11 is 0. The third-order valence-electron chi connectivity index (χ3n) is 1.49. The fraction of sp³-hybridized carbons (Fsp3) is 0.222. The Labute approximate surface area is 98.2 Å². The molecule has 0 saturated heterocycles. The first-order chi connectivity index (χ1) is 8.20. The Hall–Kier alpha value is -2.03. The normalized spacial score (nSPS) is 10.3. The molecule has 18 heavy (non-hydrogen) atoms. The zero-order valence-corrected chi connectivity index (χ0v) is 8.74. The van der Waals surface area contributed by atoms with E-state index in [2.05, 4.69) is 4.98 Å². The number of carbonyl (C=O) groups is 2. The third-order valence-corrected chi connectivity index (χ3v) is 1.49. The summed E-state index contributed by atoms with van der Waals surface area (Å²) in [6.45, 7) is -0.192. The van der Waals surface area contributed by atoms with Gasteiger partial charge in [0.1, 0.15) is 0 Å². The summed E-state index contributed by atoms with van der Waals surface area (Å²) in [5, 5.41) is 7.12. The average molecular weight is 268 g/mol. The Bertz CT molecular complexity index is 434. The van der Waals surface area contributed by atoms with Gasteiger partial charge in [-0.2, -0.15) is 17.6 Å². The van der Waals surface area contributed by atoms with Gasteiger partial charge < -0.3 is 10.8 Å². The first-order valence-electron chi connectivity index (χ1n) is 4.34. The van der Waals surface area contributed by atoms with Gasteiger partial charge in [0.2, 0.25) is 5.95 Å². The molecule has 0 aliphatic heterocycles. The highest BCUT2D eigenvalue weighted by molar-refractivity contribution is 5.97. The smallest absolute Gasteiger partial charge is 0.475 e. The molecule has 100 valence electrons. The summed E-state index contributed by atoms with van der Waals surface area (Å²) in [4.78, 5) is 23.0. The SMILES string of the molecule is NCC(=O)c1cccnc1F.O=C(O)C(F)(F)F. The molecule has 5 nitrogen and oxygen atoms in total. The summed E-state index contributed by atoms with van der Waals surface area (Å²) < 4.78 is 44.4. The van der Waals surface area contributed by atoms with Crippen LogP contribution in [-0.4, -0.2) is 34.6 Å². The molecule has 1 heterocycles. The minimum absolute atomic E-state index is 0.0463. The molecule has 0 aromatic carbocycles. The van der Waals surface area contributed by atoms with E-state index in [0.717, 1.165) is 0 Å². The van der Waals surface area contributed by atoms with Crippen LogP contribution in [0.3, 0.4) is 0 Å². The molecule has 0 fully saturated rings. The number of Topliss-reactive ketones (excluding diaryl/α,β-unsaturated/α-hetero) is 1. The van der Waals surface area contributed by atoms with Crippen molar-refractivity contribution in [3.05, 3.63) is 29.8 Å². The minimum Gasteiger partial charge on any atom is -0.475 e. The second-order valence-electron chi connectivity index (χ2n) is 2.77. The topological polar surface area (TPSA) is 93.3 Å². The number of hydrogen-bond donors (Lipinski definition) is 2. The molecule has 0 radical (unpaired) electrons. The number of carbonyl (C=O) groups excluding carboxylic acids is 1. The maximum absolute atomic E-state index is 12.6. The quantitative estimate of drug-likeness (QED) is 0.474. The van der Waals surface area contributed by atoms with Crippen LogP contribution in [0.1, 0.15) is 10.4 Å². The Balaban J connectivity index is 0.000000360. The number of nitrogens with zero attached hydrogens (tertiary/aromatic N) is 1. The van der Waals surface area contributed by atoms with Gasteiger partial charge in [0.25, 0.3) is 0 Å². The Morgan fingerprint density at radius 2 is 1.89 bits per heavy atom. The highest BCUT2D eigenvalue weighted by Crippen LogP contribution is 2.13. The van der Waals surface area contributed by atoms with E-state index in [9.17, 15) is 22.4 Å². The van der Waals surface area contributed by atoms with Crippen LogP contribution in [0.5, 0.6) is 0 Å². The molecular weight excluding hydrogens is 260 g/mol. The maximum Gasteiger partial charge on any atom is 0.490 e. The van der Waals surface area contributed by atoms with E-state index in [1.807, 2.05) is 0 Å². The van der Waals surface area contributed by atoms with Crippen molar-refractivity contribution >= 4 is 11.8 Å². The summed E-state index contributed by atoms with van der Waals surface area (Å²) in [6.07, 6.45) is -3.80. The van der Waals surface area contributed by atoms with E-state index >= 15 is 0 Å². The van der Waals surface area contributed by atoms with E-state index in [1.165, 1.54) is 18.3 Å². The number of halogens is 4. The van der Waals surface area contributed by atoms with Gasteiger partial charge in [-0.25, -0.2) is 9.78 Å². The monoisotopic (exact) mass is 268 g/mol. The lowest BCUT2D eigenvalue weighted by Gasteiger charge is -1.96. The first kappa shape index (κ1) is 16.0. The summed E-state index contributed by atoms with van der Waals surface area (Å²) in [7, 11) is 0. The first-order valence-corrected chi connectivity index (χ1v) is 4.34. The lowest BCUT2D eigenvalue weighted by Crippen LogP contribution is -2.21. The number of aliphatic carboxylic acids is 1. The molecule has 0 aliphatic carbocycles. The van der Waals surface area contributed by atoms with Crippen molar-refractivity contribution in [1.29, 1.82) is 0 Å². The van der Waals surface area contributed by atoms with Crippen molar-refractivity contribution in [2.45, 2.75) is 6.18 Å². The van der Waals surface area contributed by atoms with Gasteiger partial charge in [-0.15, -0.1) is 0 Å². The van der Waals surface area contributed by atoms with E-state index in [-0.39, 0.29) is 12.1 Å². The van der Waals surface area contributed by atoms with E-state index in [1.54, 1.807) is 0 Å². The van der Waals surface area contributed by atoms with Crippen molar-refractivity contribution in [1.82, 2.24) is 4.98 Å². The molecule has 1 aromatic heterocycles. The predicted molar refractivity (Wildman–Crippen MR) is 51.3 cm³/mol. The van der Waals surface area contributed by atoms with Gasteiger partial charge in [0, 0.05) is 6.20 Å². The molecule has 1 rings (SSSR count). The number of hydrogen-bond acceptors (Lipinski definition) is 4. The van der Waals surface area contributed by atoms with Gasteiger partial charge in [-0.3, -0.25) is 4.79 Å². The number of rotatable bonds is 2. The van der Waals surface area contributed by atoms with Crippen molar-refractivity contribution in [2.24, 2.45) is 5.73 Å². The third kappa shape index (κ3) is 5.34. The standard InChI is InChI=1S/C7H7FN2O.C2HF3O2/c8-7-5(6(11)4-9)2-1-3-10-7;3-2(4,5)1(6)7/h1-3H,4,9H2;(H,6,7). The second-order valence-corrected chi connectivity index (χ2v) is 2.77. The number of carboxylic acid groups (broad SMARTS) is 1. The summed E-state index contributed by atoms with van der Waals surface area (Å²) in [6, 6.07) is 2.85. The van der Waals surface area contributed by atoms with E-state index in [4.69, 9.17) is 15.6 Å². The molecule has 0 aliphatic rings. The number of carboxylic acids is 1. The number of nitrogens with two attached hydrogens (primary N) is 1. The van der Waals surface area contributed by atoms with Crippen LogP contribution in [-0.2, 0) is 4.79 Å². The highest BCUT2D eigenvalue weighted by Gasteiger charge is 2.38. The largest absolute Gasteiger partial charge is 0.490 e. The van der Waals surface area contributed by atoms with Crippen molar-refractivity contribution < 1.29 is 32.3 Å². The average Bonchev–Trinajstić information content (AvgIpc) is 2.28. The Kier molecular flexibility index (Phi) is 5.89. The van der Waals surface area contributed by atoms with Crippen molar-refractivity contribution in [2.75, 3.05) is 6.54 Å². The Morgan fingerprint density at radius 1 is 1.39 bits per heavy atom. The van der Waals surface area contributed by atoms with Crippen LogP contribution < -0.4 is 5.73 Å². The van der Waals surface area contributed by atoms with Crippen LogP contribution >= 0.6 is 0 Å². The zero-order chi connectivity index (χ0) is 14.3. The zero-order valence-electron chi connectivity index (χ0n) is 8.74. The molecule has 0 amide bonds. The van der Waals surface area contributed by atoms with Gasteiger partial charge in [-0.05, 0) is 12.1 Å². The predicted octanol–water partition coefficient (Wildman–Crippen LogP) is 0.995. The molecule has 3 N–H and O–H groups in total. The lowest BCUT2D eigenvalue weighted by atomic mass is 10.2. The number of aromatic nitrogens is 1. The van der Waals surface area contributed by atoms with E-state index in [0.29, 0.717) is 0 Å². The van der Waals surface area contributed by atoms with E-state index < -0.39 is 23.9 Å². The van der Waals surface area contributed by atoms with Crippen molar-refractivity contribution in [3.63, 3.8) is 0 Å². The van der Waals surface area contributed by atoms with Crippen LogP contribution in [0, 0.1) is 5.95 Å². The van der Waals surface area contributed by atoms with Gasteiger partial charge >= 0.3 is 12.1 Å². The summed E-state index contributed by atoms with van der Waals surface area (Å²) in [5.74, 6) is -3.95. The minimum atomic E-state index is -5.08. The molecule has 0 spiro atoms. The maximum atomic E-state index is 12.6. The molecule has 0 unspecified atom stereocenters. The molecule has 1 aromatic rings. The summed E-state index contributed by atoms with van der Waals surface area (Å²) in [5.41, 5.74) is 4.98. The van der Waals surface area contributed by atoms with Crippen molar-refractivity contribution in [3.8, 4) is 0 Å². The van der Waals surface area contributed by atoms with Gasteiger partial charge in [0.05, 0.1) is 12.1 Å². The Morgan fingerprint density at radius 3 is 2.22 bits per heavy atom. The molecule has 9 heteroatoms. The number of alkyl halides is 3. The molecular formula is C9H8F4N2O3. The second kappa shape index (κ2) is 6.64. The lowest BCUT2D eigenvalue weighted by molar-refractivity contribution is -0.192. The highest BCUT2D eigenvalue weighted by atomic mass is 19.4.